The van der Waals surface area contributed by atoms with E-state index in [0.29, 0.717) is 12.5 Å². The molecule has 2 aliphatic rings. The summed E-state index contributed by atoms with van der Waals surface area (Å²) in [6.45, 7) is 5.46. The molecule has 0 aliphatic carbocycles. The van der Waals surface area contributed by atoms with E-state index in [1.54, 1.807) is 6.20 Å². The molecule has 3 aromatic rings. The molecule has 1 amide bonds. The van der Waals surface area contributed by atoms with Crippen molar-refractivity contribution >= 4 is 29.0 Å². The molecular weight excluding hydrogens is 390 g/mol. The molecule has 4 heterocycles. The van der Waals surface area contributed by atoms with E-state index in [-0.39, 0.29) is 11.9 Å². The first kappa shape index (κ1) is 19.5. The third-order valence-electron chi connectivity index (χ3n) is 6.07. The first-order chi connectivity index (χ1) is 15.1. The van der Waals surface area contributed by atoms with E-state index in [1.165, 1.54) is 0 Å². The zero-order chi connectivity index (χ0) is 21.4. The average Bonchev–Trinajstić information content (AvgIpc) is 3.06. The number of imidazole rings is 1. The van der Waals surface area contributed by atoms with Gasteiger partial charge in [-0.05, 0) is 51.0 Å². The molecule has 8 nitrogen and oxygen atoms in total. The summed E-state index contributed by atoms with van der Waals surface area (Å²) in [6.07, 6.45) is 9.78. The summed E-state index contributed by atoms with van der Waals surface area (Å²) in [5, 5.41) is 3.32. The number of carbonyl (C=O) groups excluding carboxylic acids is 1. The quantitative estimate of drug-likeness (QED) is 0.695. The van der Waals surface area contributed by atoms with Gasteiger partial charge >= 0.3 is 0 Å². The number of fused-ring (bicyclic) bond motifs is 3. The van der Waals surface area contributed by atoms with E-state index in [1.807, 2.05) is 60.1 Å². The Kier molecular flexibility index (Phi) is 5.05. The van der Waals surface area contributed by atoms with Crippen LogP contribution in [0.4, 0.5) is 23.1 Å². The van der Waals surface area contributed by atoms with Crippen molar-refractivity contribution in [3.63, 3.8) is 0 Å². The standard InChI is InChI=1S/C23H27N7O/c1-3-29-20-13-24-23(27-21(20)30-12-6-4-5-7-19(30)22(29)31)26-17-8-10-18(11-9-17)28-14-16(2)25-15-28/h8-11,13-15,19H,3-7,12H2,1-2H3,(H,24,26,27). The number of anilines is 4. The number of benzene rings is 1. The number of rotatable bonds is 4. The van der Waals surface area contributed by atoms with Crippen molar-refractivity contribution in [1.29, 1.82) is 0 Å². The Morgan fingerprint density at radius 3 is 2.71 bits per heavy atom. The molecule has 1 unspecified atom stereocenters. The Labute approximate surface area is 181 Å². The largest absolute Gasteiger partial charge is 0.343 e. The van der Waals surface area contributed by atoms with Gasteiger partial charge in [-0.2, -0.15) is 4.98 Å². The third-order valence-corrected chi connectivity index (χ3v) is 6.07. The molecule has 160 valence electrons. The number of aryl methyl sites for hydroxylation is 1. The molecule has 0 saturated carbocycles. The monoisotopic (exact) mass is 417 g/mol. The highest BCUT2D eigenvalue weighted by Crippen LogP contribution is 2.37. The topological polar surface area (TPSA) is 79.2 Å². The number of likely N-dealkylation sites (N-methyl/N-ethyl adjacent to an activating group) is 1. The Morgan fingerprint density at radius 1 is 1.13 bits per heavy atom. The summed E-state index contributed by atoms with van der Waals surface area (Å²) in [4.78, 5) is 30.7. The van der Waals surface area contributed by atoms with Gasteiger partial charge in [0, 0.05) is 30.7 Å². The number of aromatic nitrogens is 4. The highest BCUT2D eigenvalue weighted by molar-refractivity contribution is 6.04. The van der Waals surface area contributed by atoms with Crippen LogP contribution in [0.15, 0.2) is 43.0 Å². The predicted octanol–water partition coefficient (Wildman–Crippen LogP) is 3.83. The molecule has 1 atom stereocenters. The molecule has 8 heteroatoms. The second-order valence-corrected chi connectivity index (χ2v) is 8.14. The highest BCUT2D eigenvalue weighted by Gasteiger charge is 2.39. The minimum atomic E-state index is -0.115. The van der Waals surface area contributed by atoms with Crippen LogP contribution in [0, 0.1) is 6.92 Å². The molecular formula is C23H27N7O. The van der Waals surface area contributed by atoms with Crippen molar-refractivity contribution in [3.05, 3.63) is 48.7 Å². The molecule has 31 heavy (non-hydrogen) atoms. The van der Waals surface area contributed by atoms with Crippen LogP contribution in [0.25, 0.3) is 5.69 Å². The number of nitrogens with one attached hydrogen (secondary N) is 1. The molecule has 0 bridgehead atoms. The smallest absolute Gasteiger partial charge is 0.249 e. The van der Waals surface area contributed by atoms with Crippen LogP contribution in [-0.2, 0) is 4.79 Å². The highest BCUT2D eigenvalue weighted by atomic mass is 16.2. The lowest BCUT2D eigenvalue weighted by Gasteiger charge is -2.40. The van der Waals surface area contributed by atoms with Gasteiger partial charge in [0.2, 0.25) is 11.9 Å². The molecule has 0 spiro atoms. The first-order valence-corrected chi connectivity index (χ1v) is 11.0. The zero-order valence-electron chi connectivity index (χ0n) is 18.0. The van der Waals surface area contributed by atoms with Crippen LogP contribution in [0.3, 0.4) is 0 Å². The molecule has 1 saturated heterocycles. The van der Waals surface area contributed by atoms with E-state index in [0.717, 1.165) is 60.8 Å². The normalized spacial score (nSPS) is 18.4. The number of hydrogen-bond donors (Lipinski definition) is 1. The summed E-state index contributed by atoms with van der Waals surface area (Å²) in [7, 11) is 0. The zero-order valence-corrected chi connectivity index (χ0v) is 18.0. The summed E-state index contributed by atoms with van der Waals surface area (Å²) < 4.78 is 1.99. The van der Waals surface area contributed by atoms with Gasteiger partial charge in [-0.15, -0.1) is 0 Å². The lowest BCUT2D eigenvalue weighted by atomic mass is 10.1. The molecule has 2 aromatic heterocycles. The lowest BCUT2D eigenvalue weighted by molar-refractivity contribution is -0.120. The van der Waals surface area contributed by atoms with Crippen molar-refractivity contribution in [1.82, 2.24) is 19.5 Å². The number of carbonyl (C=O) groups is 1. The summed E-state index contributed by atoms with van der Waals surface area (Å²) in [5.74, 6) is 1.57. The lowest BCUT2D eigenvalue weighted by Crippen LogP contribution is -2.53. The van der Waals surface area contributed by atoms with Crippen LogP contribution < -0.4 is 15.1 Å². The van der Waals surface area contributed by atoms with E-state index < -0.39 is 0 Å². The fourth-order valence-corrected chi connectivity index (χ4v) is 4.48. The van der Waals surface area contributed by atoms with Gasteiger partial charge in [-0.1, -0.05) is 12.8 Å². The number of nitrogens with zero attached hydrogens (tertiary/aromatic N) is 6. The van der Waals surface area contributed by atoms with Crippen LogP contribution in [0.5, 0.6) is 0 Å². The van der Waals surface area contributed by atoms with Crippen LogP contribution in [0.1, 0.15) is 38.3 Å². The van der Waals surface area contributed by atoms with Crippen molar-refractivity contribution < 1.29 is 4.79 Å². The fourth-order valence-electron chi connectivity index (χ4n) is 4.48. The second-order valence-electron chi connectivity index (χ2n) is 8.14. The summed E-state index contributed by atoms with van der Waals surface area (Å²) >= 11 is 0. The summed E-state index contributed by atoms with van der Waals surface area (Å²) in [5.41, 5.74) is 3.74. The van der Waals surface area contributed by atoms with E-state index in [2.05, 4.69) is 20.2 Å². The molecule has 5 rings (SSSR count). The van der Waals surface area contributed by atoms with Crippen molar-refractivity contribution in [2.75, 3.05) is 28.2 Å². The van der Waals surface area contributed by atoms with Crippen LogP contribution >= 0.6 is 0 Å². The summed E-state index contributed by atoms with van der Waals surface area (Å²) in [6, 6.07) is 7.96. The van der Waals surface area contributed by atoms with E-state index in [4.69, 9.17) is 4.98 Å². The van der Waals surface area contributed by atoms with Crippen molar-refractivity contribution in [3.8, 4) is 5.69 Å². The van der Waals surface area contributed by atoms with Gasteiger partial charge in [-0.3, -0.25) is 4.79 Å². The Hall–Kier alpha value is -3.42. The van der Waals surface area contributed by atoms with E-state index in [9.17, 15) is 4.79 Å². The van der Waals surface area contributed by atoms with Gasteiger partial charge in [0.25, 0.3) is 0 Å². The Bertz CT molecular complexity index is 1090. The van der Waals surface area contributed by atoms with Crippen molar-refractivity contribution in [2.45, 2.75) is 45.6 Å². The number of amides is 1. The molecule has 2 aliphatic heterocycles. The Morgan fingerprint density at radius 2 is 1.97 bits per heavy atom. The third kappa shape index (κ3) is 3.62. The van der Waals surface area contributed by atoms with Crippen molar-refractivity contribution in [2.24, 2.45) is 0 Å². The van der Waals surface area contributed by atoms with Gasteiger partial charge in [0.15, 0.2) is 5.82 Å². The minimum absolute atomic E-state index is 0.115. The van der Waals surface area contributed by atoms with Gasteiger partial charge < -0.3 is 19.7 Å². The predicted molar refractivity (Wildman–Crippen MR) is 121 cm³/mol. The maximum atomic E-state index is 13.0. The molecule has 1 aromatic carbocycles. The average molecular weight is 418 g/mol. The van der Waals surface area contributed by atoms with Crippen LogP contribution in [-0.4, -0.2) is 44.6 Å². The van der Waals surface area contributed by atoms with Crippen LogP contribution in [0.2, 0.25) is 0 Å². The van der Waals surface area contributed by atoms with Gasteiger partial charge in [-0.25, -0.2) is 9.97 Å². The maximum absolute atomic E-state index is 13.0. The molecule has 0 radical (unpaired) electrons. The molecule has 1 fully saturated rings. The maximum Gasteiger partial charge on any atom is 0.249 e. The van der Waals surface area contributed by atoms with Gasteiger partial charge in [0.1, 0.15) is 11.7 Å². The second kappa shape index (κ2) is 8.02. The number of hydrogen-bond acceptors (Lipinski definition) is 6. The van der Waals surface area contributed by atoms with E-state index >= 15 is 0 Å². The minimum Gasteiger partial charge on any atom is -0.343 e. The van der Waals surface area contributed by atoms with Gasteiger partial charge in [0.05, 0.1) is 18.2 Å². The first-order valence-electron chi connectivity index (χ1n) is 11.0. The fraction of sp³-hybridized carbons (Fsp3) is 0.391. The Balaban J connectivity index is 1.43. The molecule has 1 N–H and O–H groups in total. The SMILES string of the molecule is CCN1C(=O)C2CCCCCN2c2nc(Nc3ccc(-n4cnc(C)c4)cc3)ncc21.